The Kier molecular flexibility index (Phi) is 8.50. The minimum Gasteiger partial charge on any atom is -0.481 e. The molecular formula is C28H28FN5O5. The minimum absolute atomic E-state index is 0.132. The highest BCUT2D eigenvalue weighted by Gasteiger charge is 2.41. The maximum absolute atomic E-state index is 13.8. The molecule has 1 aliphatic rings. The molecule has 2 unspecified atom stereocenters. The monoisotopic (exact) mass is 533 g/mol. The second-order valence-corrected chi connectivity index (χ2v) is 9.17. The van der Waals surface area contributed by atoms with Gasteiger partial charge in [0.25, 0.3) is 11.8 Å². The van der Waals surface area contributed by atoms with Crippen LogP contribution in [0.4, 0.5) is 14.9 Å². The number of carboxylic acid groups (broad SMARTS) is 1. The smallest absolute Gasteiger partial charge is 0.323 e. The van der Waals surface area contributed by atoms with Gasteiger partial charge in [0.05, 0.1) is 12.5 Å². The average molecular weight is 534 g/mol. The van der Waals surface area contributed by atoms with Crippen molar-refractivity contribution in [2.24, 2.45) is 0 Å². The van der Waals surface area contributed by atoms with Gasteiger partial charge in [-0.15, -0.1) is 0 Å². The van der Waals surface area contributed by atoms with Gasteiger partial charge in [-0.05, 0) is 49.2 Å². The molecule has 0 spiro atoms. The molecule has 2 aromatic carbocycles. The number of aromatic nitrogens is 1. The second kappa shape index (κ2) is 12.2. The first-order valence-corrected chi connectivity index (χ1v) is 12.4. The van der Waals surface area contributed by atoms with E-state index in [1.165, 1.54) is 52.5 Å². The van der Waals surface area contributed by atoms with Crippen molar-refractivity contribution in [3.63, 3.8) is 0 Å². The Morgan fingerprint density at radius 2 is 1.74 bits per heavy atom. The molecule has 11 heteroatoms. The molecule has 0 radical (unpaired) electrons. The van der Waals surface area contributed by atoms with Crippen LogP contribution in [0.5, 0.6) is 0 Å². The molecule has 3 N–H and O–H groups in total. The van der Waals surface area contributed by atoms with Gasteiger partial charge in [0.2, 0.25) is 0 Å². The van der Waals surface area contributed by atoms with E-state index < -0.39 is 48.3 Å². The lowest BCUT2D eigenvalue weighted by atomic mass is 10.0. The maximum Gasteiger partial charge on any atom is 0.323 e. The van der Waals surface area contributed by atoms with Crippen molar-refractivity contribution in [1.82, 2.24) is 20.1 Å². The van der Waals surface area contributed by atoms with E-state index in [-0.39, 0.29) is 24.3 Å². The Hall–Kier alpha value is -4.80. The molecule has 10 nitrogen and oxygen atoms in total. The number of halogens is 1. The van der Waals surface area contributed by atoms with Crippen LogP contribution in [0.1, 0.15) is 40.4 Å². The summed E-state index contributed by atoms with van der Waals surface area (Å²) in [5, 5.41) is 14.9. The van der Waals surface area contributed by atoms with E-state index in [1.807, 2.05) is 13.0 Å². The topological polar surface area (TPSA) is 132 Å². The number of aliphatic carboxylic acids is 1. The number of hydrogen-bond acceptors (Lipinski definition) is 5. The number of nitrogens with zero attached hydrogens (tertiary/aromatic N) is 3. The number of carbonyl (C=O) groups is 4. The fourth-order valence-corrected chi connectivity index (χ4v) is 4.51. The Labute approximate surface area is 224 Å². The van der Waals surface area contributed by atoms with E-state index in [1.54, 1.807) is 18.2 Å². The SMILES string of the molecule is Cc1cccc(C(CC(=O)O)NC(=O)C2N(C(=O)Nc3cccc(F)c3)CCCN2C(=O)c2ccncc2)c1. The first-order valence-electron chi connectivity index (χ1n) is 12.4. The number of urea groups is 1. The molecule has 2 atom stereocenters. The third-order valence-electron chi connectivity index (χ3n) is 6.29. The van der Waals surface area contributed by atoms with Crippen molar-refractivity contribution < 1.29 is 28.7 Å². The number of amides is 4. The number of carbonyl (C=O) groups excluding carboxylic acids is 3. The van der Waals surface area contributed by atoms with Crippen molar-refractivity contribution in [1.29, 1.82) is 0 Å². The van der Waals surface area contributed by atoms with Gasteiger partial charge in [-0.25, -0.2) is 9.18 Å². The molecule has 0 saturated carbocycles. The molecule has 202 valence electrons. The van der Waals surface area contributed by atoms with Crippen molar-refractivity contribution in [3.05, 3.63) is 95.6 Å². The van der Waals surface area contributed by atoms with Crippen molar-refractivity contribution in [2.45, 2.75) is 32.0 Å². The summed E-state index contributed by atoms with van der Waals surface area (Å²) in [5.41, 5.74) is 1.90. The second-order valence-electron chi connectivity index (χ2n) is 9.17. The Morgan fingerprint density at radius 1 is 1.03 bits per heavy atom. The minimum atomic E-state index is -1.39. The number of hydrogen-bond donors (Lipinski definition) is 3. The summed E-state index contributed by atoms with van der Waals surface area (Å²) in [6, 6.07) is 13.8. The van der Waals surface area contributed by atoms with Crippen LogP contribution < -0.4 is 10.6 Å². The fourth-order valence-electron chi connectivity index (χ4n) is 4.51. The number of anilines is 1. The molecule has 0 bridgehead atoms. The Balaban J connectivity index is 1.67. The van der Waals surface area contributed by atoms with Gasteiger partial charge in [0.1, 0.15) is 5.82 Å². The Bertz CT molecular complexity index is 1370. The van der Waals surface area contributed by atoms with E-state index in [0.29, 0.717) is 12.0 Å². The normalized spacial score (nSPS) is 15.8. The van der Waals surface area contributed by atoms with Crippen LogP contribution >= 0.6 is 0 Å². The highest BCUT2D eigenvalue weighted by molar-refractivity contribution is 6.00. The van der Waals surface area contributed by atoms with Crippen LogP contribution in [0, 0.1) is 12.7 Å². The fraction of sp³-hybridized carbons (Fsp3) is 0.250. The predicted molar refractivity (Wildman–Crippen MR) is 140 cm³/mol. The van der Waals surface area contributed by atoms with Crippen molar-refractivity contribution in [2.75, 3.05) is 18.4 Å². The number of aryl methyl sites for hydroxylation is 1. The highest BCUT2D eigenvalue weighted by Crippen LogP contribution is 2.23. The van der Waals surface area contributed by atoms with Crippen molar-refractivity contribution >= 4 is 29.5 Å². The molecule has 1 aromatic heterocycles. The molecular weight excluding hydrogens is 505 g/mol. The third-order valence-corrected chi connectivity index (χ3v) is 6.29. The van der Waals surface area contributed by atoms with E-state index in [2.05, 4.69) is 15.6 Å². The first-order chi connectivity index (χ1) is 18.7. The zero-order valence-electron chi connectivity index (χ0n) is 21.2. The van der Waals surface area contributed by atoms with E-state index in [4.69, 9.17) is 0 Å². The van der Waals surface area contributed by atoms with Gasteiger partial charge in [-0.2, -0.15) is 0 Å². The highest BCUT2D eigenvalue weighted by atomic mass is 19.1. The van der Waals surface area contributed by atoms with Crippen LogP contribution in [-0.2, 0) is 9.59 Å². The van der Waals surface area contributed by atoms with Crippen LogP contribution in [0.2, 0.25) is 0 Å². The lowest BCUT2D eigenvalue weighted by Crippen LogP contribution is -2.64. The van der Waals surface area contributed by atoms with Gasteiger partial charge in [0, 0.05) is 36.7 Å². The number of benzene rings is 2. The summed E-state index contributed by atoms with van der Waals surface area (Å²) in [6.07, 6.45) is 1.47. The summed E-state index contributed by atoms with van der Waals surface area (Å²) >= 11 is 0. The summed E-state index contributed by atoms with van der Waals surface area (Å²) in [5.74, 6) is -2.90. The largest absolute Gasteiger partial charge is 0.481 e. The zero-order chi connectivity index (χ0) is 27.9. The number of carboxylic acids is 1. The maximum atomic E-state index is 13.8. The van der Waals surface area contributed by atoms with Crippen LogP contribution in [0.25, 0.3) is 0 Å². The summed E-state index contributed by atoms with van der Waals surface area (Å²) in [7, 11) is 0. The van der Waals surface area contributed by atoms with Crippen LogP contribution in [0.3, 0.4) is 0 Å². The standard InChI is InChI=1S/C28H28FN5O5/c1-18-5-2-6-20(15-18)23(17-24(35)36)32-25(37)26-33(27(38)19-9-11-30-12-10-19)13-4-14-34(26)28(39)31-22-8-3-7-21(29)16-22/h2-3,5-12,15-16,23,26H,4,13-14,17H2,1H3,(H,31,39)(H,32,37)(H,35,36). The number of nitrogens with one attached hydrogen (secondary N) is 2. The molecule has 3 aromatic rings. The van der Waals surface area contributed by atoms with Gasteiger partial charge >= 0.3 is 12.0 Å². The lowest BCUT2D eigenvalue weighted by Gasteiger charge is -2.43. The number of pyridine rings is 1. The quantitative estimate of drug-likeness (QED) is 0.426. The van der Waals surface area contributed by atoms with E-state index >= 15 is 0 Å². The van der Waals surface area contributed by atoms with Gasteiger partial charge in [-0.1, -0.05) is 35.9 Å². The molecule has 0 aliphatic carbocycles. The molecule has 1 aliphatic heterocycles. The predicted octanol–water partition coefficient (Wildman–Crippen LogP) is 3.57. The summed E-state index contributed by atoms with van der Waals surface area (Å²) in [4.78, 5) is 58.7. The van der Waals surface area contributed by atoms with Crippen LogP contribution in [-0.4, -0.2) is 63.0 Å². The number of rotatable bonds is 7. The summed E-state index contributed by atoms with van der Waals surface area (Å²) < 4.78 is 13.7. The molecule has 39 heavy (non-hydrogen) atoms. The van der Waals surface area contributed by atoms with Gasteiger partial charge < -0.3 is 20.6 Å². The third kappa shape index (κ3) is 6.75. The van der Waals surface area contributed by atoms with Gasteiger partial charge in [0.15, 0.2) is 6.17 Å². The molecule has 4 rings (SSSR count). The molecule has 1 fully saturated rings. The van der Waals surface area contributed by atoms with Gasteiger partial charge in [-0.3, -0.25) is 24.3 Å². The molecule has 4 amide bonds. The Morgan fingerprint density at radius 3 is 2.44 bits per heavy atom. The van der Waals surface area contributed by atoms with Crippen LogP contribution in [0.15, 0.2) is 73.1 Å². The van der Waals surface area contributed by atoms with E-state index in [9.17, 15) is 28.7 Å². The summed E-state index contributed by atoms with van der Waals surface area (Å²) in [6.45, 7) is 2.16. The molecule has 1 saturated heterocycles. The van der Waals surface area contributed by atoms with Crippen molar-refractivity contribution in [3.8, 4) is 0 Å². The molecule has 2 heterocycles. The first kappa shape index (κ1) is 27.2. The average Bonchev–Trinajstić information content (AvgIpc) is 2.92. The lowest BCUT2D eigenvalue weighted by molar-refractivity contribution is -0.138. The zero-order valence-corrected chi connectivity index (χ0v) is 21.2. The van der Waals surface area contributed by atoms with E-state index in [0.717, 1.165) is 11.6 Å².